The molecular formula is C24H20N2O5S. The second-order valence-electron chi connectivity index (χ2n) is 7.10. The molecule has 4 rings (SSSR count). The number of carbonyl (C=O) groups excluding carboxylic acids is 2. The van der Waals surface area contributed by atoms with Crippen molar-refractivity contribution in [2.75, 3.05) is 14.2 Å². The minimum absolute atomic E-state index is 0.256. The van der Waals surface area contributed by atoms with Crippen molar-refractivity contribution in [2.45, 2.75) is 13.0 Å². The molecule has 0 radical (unpaired) electrons. The highest BCUT2D eigenvalue weighted by atomic mass is 32.1. The van der Waals surface area contributed by atoms with E-state index in [0.717, 1.165) is 5.56 Å². The molecule has 0 N–H and O–H groups in total. The van der Waals surface area contributed by atoms with Crippen LogP contribution in [0.2, 0.25) is 0 Å². The molecule has 1 aliphatic heterocycles. The van der Waals surface area contributed by atoms with Gasteiger partial charge in [-0.25, -0.2) is 14.6 Å². The van der Waals surface area contributed by atoms with E-state index in [1.54, 1.807) is 37.3 Å². The van der Waals surface area contributed by atoms with Crippen LogP contribution in [0.4, 0.5) is 0 Å². The Kier molecular flexibility index (Phi) is 5.87. The molecule has 32 heavy (non-hydrogen) atoms. The molecule has 2 aromatic carbocycles. The van der Waals surface area contributed by atoms with Crippen molar-refractivity contribution >= 4 is 29.4 Å². The number of thiazole rings is 1. The number of methoxy groups -OCH3 is 2. The van der Waals surface area contributed by atoms with Crippen molar-refractivity contribution in [2.24, 2.45) is 4.99 Å². The number of aromatic nitrogens is 1. The number of allylic oxidation sites excluding steroid dienone is 1. The van der Waals surface area contributed by atoms with Crippen molar-refractivity contribution in [1.82, 2.24) is 4.57 Å². The molecule has 7 nitrogen and oxygen atoms in total. The highest BCUT2D eigenvalue weighted by Crippen LogP contribution is 2.30. The highest BCUT2D eigenvalue weighted by molar-refractivity contribution is 7.07. The van der Waals surface area contributed by atoms with Crippen LogP contribution in [0.5, 0.6) is 0 Å². The zero-order chi connectivity index (χ0) is 22.8. The number of hydrogen-bond acceptors (Lipinski definition) is 7. The Morgan fingerprint density at radius 3 is 2.28 bits per heavy atom. The molecule has 0 bridgehead atoms. The van der Waals surface area contributed by atoms with Gasteiger partial charge in [0, 0.05) is 0 Å². The summed E-state index contributed by atoms with van der Waals surface area (Å²) in [5.41, 5.74) is 2.41. The molecular weight excluding hydrogens is 428 g/mol. The summed E-state index contributed by atoms with van der Waals surface area (Å²) in [7, 11) is 2.60. The van der Waals surface area contributed by atoms with Gasteiger partial charge in [-0.15, -0.1) is 0 Å². The van der Waals surface area contributed by atoms with E-state index in [0.29, 0.717) is 26.2 Å². The first-order valence-electron chi connectivity index (χ1n) is 9.78. The van der Waals surface area contributed by atoms with Crippen LogP contribution in [0.25, 0.3) is 6.08 Å². The van der Waals surface area contributed by atoms with E-state index in [-0.39, 0.29) is 11.1 Å². The Hall–Kier alpha value is -3.78. The van der Waals surface area contributed by atoms with Gasteiger partial charge in [0.05, 0.1) is 41.6 Å². The predicted molar refractivity (Wildman–Crippen MR) is 120 cm³/mol. The lowest BCUT2D eigenvalue weighted by Gasteiger charge is -2.24. The summed E-state index contributed by atoms with van der Waals surface area (Å²) >= 11 is 1.26. The molecule has 0 fully saturated rings. The standard InChI is InChI=1S/C24H20N2O5S/c1-14-19(23(29)31-3)20(16-9-11-17(12-10-16)22(28)30-2)26-21(27)18(32-24(26)25-14)13-15-7-5-4-6-8-15/h4-13,20H,1-3H3. The second-order valence-corrected chi connectivity index (χ2v) is 8.11. The Labute approximate surface area is 187 Å². The lowest BCUT2D eigenvalue weighted by molar-refractivity contribution is -0.136. The van der Waals surface area contributed by atoms with Crippen LogP contribution in [-0.4, -0.2) is 30.7 Å². The van der Waals surface area contributed by atoms with Gasteiger partial charge in [0.2, 0.25) is 0 Å². The molecule has 0 amide bonds. The SMILES string of the molecule is COC(=O)C1=C(C)N=c2sc(=Cc3ccccc3)c(=O)n2C1c1ccc(C(=O)OC)cc1. The van der Waals surface area contributed by atoms with Crippen LogP contribution >= 0.6 is 11.3 Å². The third kappa shape index (κ3) is 3.80. The molecule has 162 valence electrons. The molecule has 0 saturated heterocycles. The van der Waals surface area contributed by atoms with E-state index in [1.165, 1.54) is 30.1 Å². The van der Waals surface area contributed by atoms with Crippen LogP contribution < -0.4 is 14.9 Å². The Morgan fingerprint density at radius 1 is 1.00 bits per heavy atom. The molecule has 1 aromatic heterocycles. The summed E-state index contributed by atoms with van der Waals surface area (Å²) in [6.07, 6.45) is 1.80. The molecule has 1 aliphatic rings. The Balaban J connectivity index is 1.93. The van der Waals surface area contributed by atoms with Crippen molar-refractivity contribution < 1.29 is 19.1 Å². The van der Waals surface area contributed by atoms with E-state index >= 15 is 0 Å². The van der Waals surface area contributed by atoms with Crippen LogP contribution in [0.15, 0.2) is 75.7 Å². The minimum Gasteiger partial charge on any atom is -0.466 e. The monoisotopic (exact) mass is 448 g/mol. The van der Waals surface area contributed by atoms with Crippen molar-refractivity contribution in [1.29, 1.82) is 0 Å². The van der Waals surface area contributed by atoms with Crippen LogP contribution in [0.3, 0.4) is 0 Å². The summed E-state index contributed by atoms with van der Waals surface area (Å²) in [4.78, 5) is 42.9. The molecule has 0 spiro atoms. The van der Waals surface area contributed by atoms with E-state index < -0.39 is 18.0 Å². The molecule has 3 aromatic rings. The van der Waals surface area contributed by atoms with Crippen molar-refractivity contribution in [3.63, 3.8) is 0 Å². The third-order valence-electron chi connectivity index (χ3n) is 5.17. The lowest BCUT2D eigenvalue weighted by atomic mass is 9.95. The van der Waals surface area contributed by atoms with Gasteiger partial charge >= 0.3 is 11.9 Å². The second kappa shape index (κ2) is 8.76. The van der Waals surface area contributed by atoms with Crippen LogP contribution in [0, 0.1) is 0 Å². The molecule has 8 heteroatoms. The van der Waals surface area contributed by atoms with Gasteiger partial charge in [0.15, 0.2) is 4.80 Å². The van der Waals surface area contributed by atoms with Gasteiger partial charge in [0.1, 0.15) is 0 Å². The number of nitrogens with zero attached hydrogens (tertiary/aromatic N) is 2. The maximum absolute atomic E-state index is 13.4. The Bertz CT molecular complexity index is 1400. The fourth-order valence-electron chi connectivity index (χ4n) is 3.63. The molecule has 0 aliphatic carbocycles. The van der Waals surface area contributed by atoms with Gasteiger partial charge in [-0.2, -0.15) is 0 Å². The number of carbonyl (C=O) groups is 2. The number of fused-ring (bicyclic) bond motifs is 1. The number of rotatable bonds is 4. The first-order chi connectivity index (χ1) is 15.4. The van der Waals surface area contributed by atoms with E-state index in [2.05, 4.69) is 4.99 Å². The zero-order valence-electron chi connectivity index (χ0n) is 17.7. The van der Waals surface area contributed by atoms with Gasteiger partial charge < -0.3 is 9.47 Å². The number of ether oxygens (including phenoxy) is 2. The topological polar surface area (TPSA) is 87.0 Å². The smallest absolute Gasteiger partial charge is 0.338 e. The van der Waals surface area contributed by atoms with Gasteiger partial charge in [-0.1, -0.05) is 53.8 Å². The average Bonchev–Trinajstić information content (AvgIpc) is 3.12. The molecule has 1 atom stereocenters. The lowest BCUT2D eigenvalue weighted by Crippen LogP contribution is -2.39. The van der Waals surface area contributed by atoms with E-state index in [1.807, 2.05) is 30.3 Å². The number of benzene rings is 2. The van der Waals surface area contributed by atoms with Crippen molar-refractivity contribution in [3.05, 3.63) is 102 Å². The largest absolute Gasteiger partial charge is 0.466 e. The summed E-state index contributed by atoms with van der Waals surface area (Å²) in [6.45, 7) is 1.72. The van der Waals surface area contributed by atoms with Gasteiger partial charge in [0.25, 0.3) is 5.56 Å². The number of hydrogen-bond donors (Lipinski definition) is 0. The van der Waals surface area contributed by atoms with Gasteiger partial charge in [-0.05, 0) is 36.3 Å². The maximum atomic E-state index is 13.4. The zero-order valence-corrected chi connectivity index (χ0v) is 18.5. The molecule has 0 saturated carbocycles. The van der Waals surface area contributed by atoms with Crippen LogP contribution in [0.1, 0.15) is 34.5 Å². The molecule has 2 heterocycles. The summed E-state index contributed by atoms with van der Waals surface area (Å²) < 4.78 is 11.8. The summed E-state index contributed by atoms with van der Waals surface area (Å²) in [5.74, 6) is -1.03. The highest BCUT2D eigenvalue weighted by Gasteiger charge is 2.33. The fourth-order valence-corrected chi connectivity index (χ4v) is 4.67. The van der Waals surface area contributed by atoms with Gasteiger partial charge in [-0.3, -0.25) is 9.36 Å². The van der Waals surface area contributed by atoms with E-state index in [9.17, 15) is 14.4 Å². The number of esters is 2. The summed E-state index contributed by atoms with van der Waals surface area (Å²) in [5, 5.41) is 0. The normalized spacial score (nSPS) is 15.7. The minimum atomic E-state index is -0.733. The third-order valence-corrected chi connectivity index (χ3v) is 6.15. The van der Waals surface area contributed by atoms with E-state index in [4.69, 9.17) is 9.47 Å². The first kappa shape index (κ1) is 21.5. The maximum Gasteiger partial charge on any atom is 0.338 e. The predicted octanol–water partition coefficient (Wildman–Crippen LogP) is 2.19. The fraction of sp³-hybridized carbons (Fsp3) is 0.167. The average molecular weight is 449 g/mol. The summed E-state index contributed by atoms with van der Waals surface area (Å²) in [6, 6.07) is 15.4. The quantitative estimate of drug-likeness (QED) is 0.571. The Morgan fingerprint density at radius 2 is 1.66 bits per heavy atom. The van der Waals surface area contributed by atoms with Crippen molar-refractivity contribution in [3.8, 4) is 0 Å². The van der Waals surface area contributed by atoms with Crippen LogP contribution in [-0.2, 0) is 14.3 Å². The first-order valence-corrected chi connectivity index (χ1v) is 10.6. The molecule has 1 unspecified atom stereocenters.